The molecular formula is C10H7F3N4. The molecule has 17 heavy (non-hydrogen) atoms. The second kappa shape index (κ2) is 5.14. The molecule has 7 heteroatoms. The van der Waals surface area contributed by atoms with Crippen LogP contribution in [0, 0.1) is 11.8 Å². The molecule has 0 unspecified atom stereocenters. The van der Waals surface area contributed by atoms with Crippen molar-refractivity contribution in [2.75, 3.05) is 12.3 Å². The van der Waals surface area contributed by atoms with Crippen LogP contribution in [0.25, 0.3) is 10.4 Å². The molecule has 0 aliphatic heterocycles. The van der Waals surface area contributed by atoms with Gasteiger partial charge in [-0.15, -0.1) is 0 Å². The lowest BCUT2D eigenvalue weighted by atomic mass is 10.1. The molecule has 0 amide bonds. The van der Waals surface area contributed by atoms with Crippen molar-refractivity contribution in [3.05, 3.63) is 39.8 Å². The van der Waals surface area contributed by atoms with E-state index in [9.17, 15) is 13.2 Å². The Morgan fingerprint density at radius 1 is 1.41 bits per heavy atom. The Kier molecular flexibility index (Phi) is 3.86. The lowest BCUT2D eigenvalue weighted by molar-refractivity contribution is -0.136. The monoisotopic (exact) mass is 240 g/mol. The second-order valence-electron chi connectivity index (χ2n) is 2.99. The van der Waals surface area contributed by atoms with E-state index in [4.69, 9.17) is 11.3 Å². The zero-order chi connectivity index (χ0) is 12.9. The molecule has 0 heterocycles. The van der Waals surface area contributed by atoms with Gasteiger partial charge in [0.05, 0.1) is 12.1 Å². The minimum absolute atomic E-state index is 0.0950. The van der Waals surface area contributed by atoms with E-state index in [0.717, 1.165) is 12.1 Å². The molecule has 0 spiro atoms. The van der Waals surface area contributed by atoms with Crippen molar-refractivity contribution >= 4 is 5.69 Å². The molecule has 1 aromatic carbocycles. The first kappa shape index (κ1) is 12.7. The molecule has 0 aromatic heterocycles. The van der Waals surface area contributed by atoms with Gasteiger partial charge >= 0.3 is 6.18 Å². The molecule has 0 saturated carbocycles. The summed E-state index contributed by atoms with van der Waals surface area (Å²) in [6.45, 7) is -0.0950. The van der Waals surface area contributed by atoms with Gasteiger partial charge in [0.15, 0.2) is 0 Å². The lowest BCUT2D eigenvalue weighted by Crippen LogP contribution is -2.09. The van der Waals surface area contributed by atoms with Crippen molar-refractivity contribution in [2.45, 2.75) is 6.18 Å². The van der Waals surface area contributed by atoms with Gasteiger partial charge in [0.25, 0.3) is 0 Å². The molecular weight excluding hydrogens is 233 g/mol. The first-order valence-electron chi connectivity index (χ1n) is 4.41. The van der Waals surface area contributed by atoms with Gasteiger partial charge in [0.1, 0.15) is 0 Å². The number of halogens is 3. The highest BCUT2D eigenvalue weighted by Gasteiger charge is 2.32. The molecule has 88 valence electrons. The summed E-state index contributed by atoms with van der Waals surface area (Å²) in [5.74, 6) is 4.87. The Labute approximate surface area is 94.9 Å². The van der Waals surface area contributed by atoms with Crippen molar-refractivity contribution in [3.63, 3.8) is 0 Å². The number of nitrogens with two attached hydrogens (primary N) is 1. The van der Waals surface area contributed by atoms with Crippen LogP contribution in [0.4, 0.5) is 18.9 Å². The van der Waals surface area contributed by atoms with Gasteiger partial charge in [-0.05, 0) is 23.7 Å². The van der Waals surface area contributed by atoms with Crippen LogP contribution in [0.15, 0.2) is 23.3 Å². The Morgan fingerprint density at radius 3 is 2.71 bits per heavy atom. The van der Waals surface area contributed by atoms with Crippen LogP contribution >= 0.6 is 0 Å². The van der Waals surface area contributed by atoms with E-state index in [2.05, 4.69) is 21.9 Å². The molecule has 0 fully saturated rings. The summed E-state index contributed by atoms with van der Waals surface area (Å²) >= 11 is 0. The van der Waals surface area contributed by atoms with Gasteiger partial charge in [0.2, 0.25) is 0 Å². The Morgan fingerprint density at radius 2 is 2.12 bits per heavy atom. The summed E-state index contributed by atoms with van der Waals surface area (Å²) in [6.07, 6.45) is -4.51. The van der Waals surface area contributed by atoms with Gasteiger partial charge in [-0.3, -0.25) is 0 Å². The standard InChI is InChI=1S/C10H7F3N4/c11-10(12,13)8-6-7(3-4-9(8)14)2-1-5-16-17-15/h3-4,6H,5,14H2. The largest absolute Gasteiger partial charge is 0.418 e. The third kappa shape index (κ3) is 3.63. The predicted molar refractivity (Wildman–Crippen MR) is 56.7 cm³/mol. The SMILES string of the molecule is [N-]=[N+]=NCC#Cc1ccc(N)c(C(F)(F)F)c1. The number of alkyl halides is 3. The number of hydrogen-bond acceptors (Lipinski definition) is 2. The second-order valence-corrected chi connectivity index (χ2v) is 2.99. The summed E-state index contributed by atoms with van der Waals surface area (Å²) in [7, 11) is 0. The van der Waals surface area contributed by atoms with Crippen LogP contribution in [0.5, 0.6) is 0 Å². The molecule has 0 saturated heterocycles. The summed E-state index contributed by atoms with van der Waals surface area (Å²) in [5.41, 5.74) is 12.1. The van der Waals surface area contributed by atoms with Crippen LogP contribution in [0.1, 0.15) is 11.1 Å². The van der Waals surface area contributed by atoms with E-state index in [1.807, 2.05) is 0 Å². The lowest BCUT2D eigenvalue weighted by Gasteiger charge is -2.09. The zero-order valence-corrected chi connectivity index (χ0v) is 8.49. The van der Waals surface area contributed by atoms with E-state index in [0.29, 0.717) is 0 Å². The number of rotatable bonds is 1. The average molecular weight is 240 g/mol. The first-order chi connectivity index (χ1) is 7.95. The maximum Gasteiger partial charge on any atom is 0.418 e. The summed E-state index contributed by atoms with van der Waals surface area (Å²) in [6, 6.07) is 3.37. The highest BCUT2D eigenvalue weighted by atomic mass is 19.4. The fourth-order valence-corrected chi connectivity index (χ4v) is 1.09. The molecule has 0 aliphatic carbocycles. The molecule has 2 N–H and O–H groups in total. The van der Waals surface area contributed by atoms with Crippen LogP contribution in [-0.4, -0.2) is 6.54 Å². The summed E-state index contributed by atoms with van der Waals surface area (Å²) < 4.78 is 37.4. The Hall–Kier alpha value is -2.32. The third-order valence-corrected chi connectivity index (χ3v) is 1.80. The fourth-order valence-electron chi connectivity index (χ4n) is 1.09. The maximum atomic E-state index is 12.5. The highest BCUT2D eigenvalue weighted by molar-refractivity contribution is 5.53. The van der Waals surface area contributed by atoms with Crippen molar-refractivity contribution in [3.8, 4) is 11.8 Å². The molecule has 0 atom stereocenters. The van der Waals surface area contributed by atoms with E-state index < -0.39 is 11.7 Å². The minimum Gasteiger partial charge on any atom is -0.398 e. The van der Waals surface area contributed by atoms with Gasteiger partial charge in [-0.25, -0.2) is 0 Å². The summed E-state index contributed by atoms with van der Waals surface area (Å²) in [5, 5.41) is 3.14. The number of hydrogen-bond donors (Lipinski definition) is 1. The van der Waals surface area contributed by atoms with Crippen LogP contribution in [0.3, 0.4) is 0 Å². The van der Waals surface area contributed by atoms with Crippen LogP contribution < -0.4 is 5.73 Å². The van der Waals surface area contributed by atoms with Gasteiger partial charge in [0, 0.05) is 16.2 Å². The number of azide groups is 1. The predicted octanol–water partition coefficient (Wildman–Crippen LogP) is 2.95. The molecule has 0 radical (unpaired) electrons. The first-order valence-corrected chi connectivity index (χ1v) is 4.41. The molecule has 1 aromatic rings. The number of benzene rings is 1. The van der Waals surface area contributed by atoms with Gasteiger partial charge < -0.3 is 5.73 Å². The maximum absolute atomic E-state index is 12.5. The zero-order valence-electron chi connectivity index (χ0n) is 8.49. The van der Waals surface area contributed by atoms with E-state index in [-0.39, 0.29) is 17.8 Å². The molecule has 4 nitrogen and oxygen atoms in total. The average Bonchev–Trinajstić information content (AvgIpc) is 2.25. The van der Waals surface area contributed by atoms with Crippen molar-refractivity contribution in [2.24, 2.45) is 5.11 Å². The van der Waals surface area contributed by atoms with Crippen molar-refractivity contribution in [1.29, 1.82) is 0 Å². The van der Waals surface area contributed by atoms with Crippen molar-refractivity contribution in [1.82, 2.24) is 0 Å². The summed E-state index contributed by atoms with van der Waals surface area (Å²) in [4.78, 5) is 2.46. The molecule has 0 aliphatic rings. The molecule has 1 rings (SSSR count). The van der Waals surface area contributed by atoms with Crippen LogP contribution in [0.2, 0.25) is 0 Å². The van der Waals surface area contributed by atoms with E-state index in [1.54, 1.807) is 0 Å². The van der Waals surface area contributed by atoms with Gasteiger partial charge in [-0.2, -0.15) is 13.2 Å². The van der Waals surface area contributed by atoms with E-state index in [1.165, 1.54) is 6.07 Å². The topological polar surface area (TPSA) is 74.8 Å². The van der Waals surface area contributed by atoms with Crippen molar-refractivity contribution < 1.29 is 13.2 Å². The normalized spacial score (nSPS) is 10.1. The highest BCUT2D eigenvalue weighted by Crippen LogP contribution is 2.33. The Bertz CT molecular complexity index is 519. The quantitative estimate of drug-likeness (QED) is 0.264. The fraction of sp³-hybridized carbons (Fsp3) is 0.200. The Balaban J connectivity index is 3.03. The van der Waals surface area contributed by atoms with E-state index >= 15 is 0 Å². The number of nitrogen functional groups attached to an aromatic ring is 1. The minimum atomic E-state index is -4.51. The van der Waals surface area contributed by atoms with Crippen LogP contribution in [-0.2, 0) is 6.18 Å². The number of nitrogens with zero attached hydrogens (tertiary/aromatic N) is 3. The number of anilines is 1. The third-order valence-electron chi connectivity index (χ3n) is 1.80. The smallest absolute Gasteiger partial charge is 0.398 e. The van der Waals surface area contributed by atoms with Gasteiger partial charge in [-0.1, -0.05) is 17.0 Å². The molecule has 0 bridgehead atoms.